The van der Waals surface area contributed by atoms with Crippen molar-refractivity contribution >= 4 is 5.69 Å². The standard InChI is InChI=1S/C13H15F3N2/c1-3-4-7-18(2)11-5-6-12(13(14,15)16)10(8-11)9-17/h5-6,8H,3-4,7H2,1-2H3. The van der Waals surface area contributed by atoms with Crippen molar-refractivity contribution in [3.8, 4) is 6.07 Å². The molecule has 5 heteroatoms. The van der Waals surface area contributed by atoms with Gasteiger partial charge in [0.25, 0.3) is 0 Å². The Kier molecular flexibility index (Phi) is 4.60. The summed E-state index contributed by atoms with van der Waals surface area (Å²) in [5, 5.41) is 8.80. The number of unbranched alkanes of at least 4 members (excludes halogenated alkanes) is 1. The normalized spacial score (nSPS) is 11.1. The molecule has 2 nitrogen and oxygen atoms in total. The van der Waals surface area contributed by atoms with E-state index < -0.39 is 11.7 Å². The van der Waals surface area contributed by atoms with Gasteiger partial charge in [-0.1, -0.05) is 13.3 Å². The lowest BCUT2D eigenvalue weighted by molar-refractivity contribution is -0.137. The molecule has 0 saturated heterocycles. The first kappa shape index (κ1) is 14.4. The third-order valence-electron chi connectivity index (χ3n) is 2.72. The lowest BCUT2D eigenvalue weighted by atomic mass is 10.1. The largest absolute Gasteiger partial charge is 0.417 e. The van der Waals surface area contributed by atoms with E-state index in [2.05, 4.69) is 0 Å². The second-order valence-corrected chi connectivity index (χ2v) is 4.11. The number of hydrogen-bond donors (Lipinski definition) is 0. The maximum atomic E-state index is 12.6. The lowest BCUT2D eigenvalue weighted by Gasteiger charge is -2.20. The predicted octanol–water partition coefficient (Wildman–Crippen LogP) is 3.81. The quantitative estimate of drug-likeness (QED) is 0.819. The molecule has 0 fully saturated rings. The van der Waals surface area contributed by atoms with Crippen LogP contribution in [0.2, 0.25) is 0 Å². The first-order chi connectivity index (χ1) is 8.40. The summed E-state index contributed by atoms with van der Waals surface area (Å²) in [6.07, 6.45) is -2.51. The van der Waals surface area contributed by atoms with Crippen LogP contribution in [0.5, 0.6) is 0 Å². The third-order valence-corrected chi connectivity index (χ3v) is 2.72. The first-order valence-corrected chi connectivity index (χ1v) is 5.72. The average Bonchev–Trinajstić information content (AvgIpc) is 2.33. The fraction of sp³-hybridized carbons (Fsp3) is 0.462. The molecular weight excluding hydrogens is 241 g/mol. The van der Waals surface area contributed by atoms with Gasteiger partial charge in [0.15, 0.2) is 0 Å². The Morgan fingerprint density at radius 1 is 1.33 bits per heavy atom. The summed E-state index contributed by atoms with van der Waals surface area (Å²) < 4.78 is 37.8. The summed E-state index contributed by atoms with van der Waals surface area (Å²) >= 11 is 0. The van der Waals surface area contributed by atoms with Crippen molar-refractivity contribution < 1.29 is 13.2 Å². The smallest absolute Gasteiger partial charge is 0.375 e. The van der Waals surface area contributed by atoms with Crippen molar-refractivity contribution in [1.29, 1.82) is 5.26 Å². The van der Waals surface area contributed by atoms with E-state index in [9.17, 15) is 13.2 Å². The maximum Gasteiger partial charge on any atom is 0.417 e. The molecule has 1 rings (SSSR count). The van der Waals surface area contributed by atoms with E-state index in [0.717, 1.165) is 25.5 Å². The van der Waals surface area contributed by atoms with E-state index in [0.29, 0.717) is 5.69 Å². The highest BCUT2D eigenvalue weighted by molar-refractivity contribution is 5.54. The van der Waals surface area contributed by atoms with Gasteiger partial charge in [-0.3, -0.25) is 0 Å². The van der Waals surface area contributed by atoms with Gasteiger partial charge < -0.3 is 4.90 Å². The molecule has 1 aromatic rings. The zero-order chi connectivity index (χ0) is 13.8. The zero-order valence-electron chi connectivity index (χ0n) is 10.4. The molecule has 0 spiro atoms. The van der Waals surface area contributed by atoms with Gasteiger partial charge in [-0.25, -0.2) is 0 Å². The monoisotopic (exact) mass is 256 g/mol. The van der Waals surface area contributed by atoms with Crippen LogP contribution in [0.15, 0.2) is 18.2 Å². The van der Waals surface area contributed by atoms with Crippen molar-refractivity contribution in [2.45, 2.75) is 25.9 Å². The topological polar surface area (TPSA) is 27.0 Å². The van der Waals surface area contributed by atoms with Crippen LogP contribution in [0.4, 0.5) is 18.9 Å². The van der Waals surface area contributed by atoms with Crippen LogP contribution >= 0.6 is 0 Å². The molecule has 0 atom stereocenters. The SMILES string of the molecule is CCCCN(C)c1ccc(C(F)(F)F)c(C#N)c1. The Bertz CT molecular complexity index is 447. The zero-order valence-corrected chi connectivity index (χ0v) is 10.4. The molecule has 0 amide bonds. The highest BCUT2D eigenvalue weighted by Gasteiger charge is 2.33. The molecule has 98 valence electrons. The molecule has 18 heavy (non-hydrogen) atoms. The van der Waals surface area contributed by atoms with Crippen LogP contribution in [-0.4, -0.2) is 13.6 Å². The molecule has 0 N–H and O–H groups in total. The number of nitrogens with zero attached hydrogens (tertiary/aromatic N) is 2. The number of halogens is 3. The molecular formula is C13H15F3N2. The minimum absolute atomic E-state index is 0.330. The van der Waals surface area contributed by atoms with Crippen molar-refractivity contribution in [2.24, 2.45) is 0 Å². The highest BCUT2D eigenvalue weighted by atomic mass is 19.4. The first-order valence-electron chi connectivity index (χ1n) is 5.72. The highest BCUT2D eigenvalue weighted by Crippen LogP contribution is 2.33. The van der Waals surface area contributed by atoms with Crippen molar-refractivity contribution in [1.82, 2.24) is 0 Å². The lowest BCUT2D eigenvalue weighted by Crippen LogP contribution is -2.19. The van der Waals surface area contributed by atoms with Crippen molar-refractivity contribution in [3.05, 3.63) is 29.3 Å². The number of anilines is 1. The molecule has 0 aliphatic carbocycles. The molecule has 0 unspecified atom stereocenters. The predicted molar refractivity (Wildman–Crippen MR) is 64.3 cm³/mol. The van der Waals surface area contributed by atoms with E-state index in [1.807, 2.05) is 11.8 Å². The molecule has 0 aromatic heterocycles. The van der Waals surface area contributed by atoms with E-state index >= 15 is 0 Å². The molecule has 0 aliphatic rings. The van der Waals surface area contributed by atoms with Crippen molar-refractivity contribution in [2.75, 3.05) is 18.5 Å². The number of alkyl halides is 3. The van der Waals surface area contributed by atoms with E-state index in [4.69, 9.17) is 5.26 Å². The van der Waals surface area contributed by atoms with Crippen molar-refractivity contribution in [3.63, 3.8) is 0 Å². The summed E-state index contributed by atoms with van der Waals surface area (Å²) in [5.74, 6) is 0. The Balaban J connectivity index is 3.03. The number of nitriles is 1. The molecule has 0 radical (unpaired) electrons. The minimum Gasteiger partial charge on any atom is -0.375 e. The Morgan fingerprint density at radius 3 is 2.50 bits per heavy atom. The van der Waals surface area contributed by atoms with Gasteiger partial charge in [0.2, 0.25) is 0 Å². The summed E-state index contributed by atoms with van der Waals surface area (Å²) in [6, 6.07) is 5.27. The van der Waals surface area contributed by atoms with Gasteiger partial charge in [0.05, 0.1) is 17.2 Å². The van der Waals surface area contributed by atoms with Crippen LogP contribution in [0.3, 0.4) is 0 Å². The van der Waals surface area contributed by atoms with Gasteiger partial charge in [-0.2, -0.15) is 18.4 Å². The van der Waals surface area contributed by atoms with Crippen LogP contribution in [0.1, 0.15) is 30.9 Å². The van der Waals surface area contributed by atoms with E-state index in [1.54, 1.807) is 13.1 Å². The number of hydrogen-bond acceptors (Lipinski definition) is 2. The average molecular weight is 256 g/mol. The van der Waals surface area contributed by atoms with Crippen LogP contribution in [0, 0.1) is 11.3 Å². The molecule has 0 aliphatic heterocycles. The molecule has 0 bridgehead atoms. The molecule has 1 aromatic carbocycles. The van der Waals surface area contributed by atoms with Gasteiger partial charge >= 0.3 is 6.18 Å². The van der Waals surface area contributed by atoms with E-state index in [-0.39, 0.29) is 5.56 Å². The minimum atomic E-state index is -4.48. The fourth-order valence-electron chi connectivity index (χ4n) is 1.63. The molecule has 0 saturated carbocycles. The summed E-state index contributed by atoms with van der Waals surface area (Å²) in [7, 11) is 1.80. The van der Waals surface area contributed by atoms with Crippen LogP contribution < -0.4 is 4.90 Å². The fourth-order valence-corrected chi connectivity index (χ4v) is 1.63. The summed E-state index contributed by atoms with van der Waals surface area (Å²) in [6.45, 7) is 2.80. The molecule has 0 heterocycles. The second kappa shape index (κ2) is 5.76. The Labute approximate surface area is 105 Å². The second-order valence-electron chi connectivity index (χ2n) is 4.11. The van der Waals surface area contributed by atoms with Crippen LogP contribution in [-0.2, 0) is 6.18 Å². The van der Waals surface area contributed by atoms with Gasteiger partial charge in [0, 0.05) is 19.3 Å². The maximum absolute atomic E-state index is 12.6. The summed E-state index contributed by atoms with van der Waals surface area (Å²) in [4.78, 5) is 1.85. The van der Waals surface area contributed by atoms with Gasteiger partial charge in [-0.05, 0) is 24.6 Å². The van der Waals surface area contributed by atoms with E-state index in [1.165, 1.54) is 12.1 Å². The third kappa shape index (κ3) is 3.39. The Hall–Kier alpha value is -1.70. The number of benzene rings is 1. The van der Waals surface area contributed by atoms with Gasteiger partial charge in [0.1, 0.15) is 0 Å². The Morgan fingerprint density at radius 2 is 2.00 bits per heavy atom. The number of rotatable bonds is 4. The van der Waals surface area contributed by atoms with Gasteiger partial charge in [-0.15, -0.1) is 0 Å². The summed E-state index contributed by atoms with van der Waals surface area (Å²) in [5.41, 5.74) is -0.575. The van der Waals surface area contributed by atoms with Crippen LogP contribution in [0.25, 0.3) is 0 Å².